The highest BCUT2D eigenvalue weighted by Crippen LogP contribution is 2.08. The Hall–Kier alpha value is -0.385. The number of benzene rings is 1. The summed E-state index contributed by atoms with van der Waals surface area (Å²) in [6.07, 6.45) is 0. The molecule has 0 aliphatic carbocycles. The van der Waals surface area contributed by atoms with Gasteiger partial charge in [-0.2, -0.15) is 0 Å². The molecule has 0 saturated carbocycles. The second-order valence-electron chi connectivity index (χ2n) is 2.36. The van der Waals surface area contributed by atoms with E-state index in [9.17, 15) is 4.39 Å². The van der Waals surface area contributed by atoms with E-state index in [4.69, 9.17) is 10.0 Å². The van der Waals surface area contributed by atoms with E-state index in [2.05, 4.69) is 15.9 Å². The minimum atomic E-state index is -1.54. The van der Waals surface area contributed by atoms with Crippen LogP contribution in [-0.4, -0.2) is 17.2 Å². The summed E-state index contributed by atoms with van der Waals surface area (Å²) in [7, 11) is -1.54. The normalized spacial score (nSPS) is 10.0. The summed E-state index contributed by atoms with van der Waals surface area (Å²) in [5.74, 6) is -0.351. The number of halogens is 2. The topological polar surface area (TPSA) is 40.5 Å². The maximum Gasteiger partial charge on any atom is 0.488 e. The van der Waals surface area contributed by atoms with Crippen LogP contribution in [0.3, 0.4) is 0 Å². The largest absolute Gasteiger partial charge is 0.488 e. The molecule has 0 spiro atoms. The van der Waals surface area contributed by atoms with Gasteiger partial charge >= 0.3 is 7.12 Å². The van der Waals surface area contributed by atoms with E-state index >= 15 is 0 Å². The molecule has 0 atom stereocenters. The first-order chi connectivity index (χ1) is 5.65. The molecule has 2 nitrogen and oxygen atoms in total. The summed E-state index contributed by atoms with van der Waals surface area (Å²) in [4.78, 5) is 0. The minimum Gasteiger partial charge on any atom is -0.423 e. The van der Waals surface area contributed by atoms with Crippen LogP contribution in [0.15, 0.2) is 18.2 Å². The zero-order valence-electron chi connectivity index (χ0n) is 6.17. The molecule has 0 fully saturated rings. The van der Waals surface area contributed by atoms with Crippen molar-refractivity contribution in [3.8, 4) is 0 Å². The summed E-state index contributed by atoms with van der Waals surface area (Å²) in [6, 6.07) is 3.96. The molecule has 2 N–H and O–H groups in total. The van der Waals surface area contributed by atoms with Crippen LogP contribution in [0.2, 0.25) is 0 Å². The molecule has 0 radical (unpaired) electrons. The van der Waals surface area contributed by atoms with Crippen molar-refractivity contribution in [3.05, 3.63) is 29.6 Å². The van der Waals surface area contributed by atoms with Crippen LogP contribution in [0.5, 0.6) is 0 Å². The summed E-state index contributed by atoms with van der Waals surface area (Å²) in [5, 5.41) is 17.9. The van der Waals surface area contributed by atoms with Crippen molar-refractivity contribution in [1.82, 2.24) is 0 Å². The molecule has 0 aliphatic rings. The quantitative estimate of drug-likeness (QED) is 0.573. The van der Waals surface area contributed by atoms with Gasteiger partial charge in [-0.1, -0.05) is 28.1 Å². The zero-order valence-corrected chi connectivity index (χ0v) is 7.75. The fourth-order valence-corrected chi connectivity index (χ4v) is 1.29. The second kappa shape index (κ2) is 4.02. The summed E-state index contributed by atoms with van der Waals surface area (Å²) >= 11 is 3.09. The molecule has 0 heterocycles. The van der Waals surface area contributed by atoms with Crippen LogP contribution in [0, 0.1) is 5.82 Å². The summed E-state index contributed by atoms with van der Waals surface area (Å²) < 4.78 is 12.8. The van der Waals surface area contributed by atoms with Gasteiger partial charge in [0.2, 0.25) is 0 Å². The highest BCUT2D eigenvalue weighted by Gasteiger charge is 2.12. The van der Waals surface area contributed by atoms with E-state index in [1.54, 1.807) is 0 Å². The minimum absolute atomic E-state index is 0.297. The van der Waals surface area contributed by atoms with E-state index in [-0.39, 0.29) is 5.82 Å². The average Bonchev–Trinajstić information content (AvgIpc) is 2.05. The van der Waals surface area contributed by atoms with Gasteiger partial charge in [-0.25, -0.2) is 4.39 Å². The van der Waals surface area contributed by atoms with Crippen molar-refractivity contribution in [1.29, 1.82) is 0 Å². The van der Waals surface area contributed by atoms with Crippen molar-refractivity contribution in [2.75, 3.05) is 0 Å². The van der Waals surface area contributed by atoms with Crippen LogP contribution in [-0.2, 0) is 5.33 Å². The van der Waals surface area contributed by atoms with Crippen LogP contribution in [0.4, 0.5) is 4.39 Å². The number of hydrogen-bond acceptors (Lipinski definition) is 2. The second-order valence-corrected chi connectivity index (χ2v) is 2.92. The third-order valence-electron chi connectivity index (χ3n) is 1.51. The lowest BCUT2D eigenvalue weighted by atomic mass is 9.80. The summed E-state index contributed by atoms with van der Waals surface area (Å²) in [5.41, 5.74) is 0.714. The van der Waals surface area contributed by atoms with Gasteiger partial charge in [0, 0.05) is 5.33 Å². The predicted molar refractivity (Wildman–Crippen MR) is 48.9 cm³/mol. The SMILES string of the molecule is OB(O)c1ccc(F)c(CBr)c1. The lowest BCUT2D eigenvalue weighted by molar-refractivity contribution is 0.425. The maximum absolute atomic E-state index is 12.8. The molecular formula is C7H7BBrFO2. The lowest BCUT2D eigenvalue weighted by Crippen LogP contribution is -2.30. The first-order valence-corrected chi connectivity index (χ1v) is 4.47. The Morgan fingerprint density at radius 2 is 2.08 bits per heavy atom. The molecule has 0 aromatic heterocycles. The first kappa shape index (κ1) is 9.70. The van der Waals surface area contributed by atoms with Crippen LogP contribution < -0.4 is 5.46 Å². The van der Waals surface area contributed by atoms with E-state index < -0.39 is 7.12 Å². The van der Waals surface area contributed by atoms with Gasteiger partial charge in [-0.3, -0.25) is 0 Å². The molecule has 5 heteroatoms. The molecule has 1 aromatic carbocycles. The molecule has 1 rings (SSSR count). The van der Waals surface area contributed by atoms with Gasteiger partial charge in [-0.15, -0.1) is 0 Å². The third kappa shape index (κ3) is 2.06. The Balaban J connectivity index is 3.05. The molecule has 0 aliphatic heterocycles. The summed E-state index contributed by atoms with van der Waals surface area (Å²) in [6.45, 7) is 0. The van der Waals surface area contributed by atoms with Gasteiger partial charge in [0.15, 0.2) is 0 Å². The van der Waals surface area contributed by atoms with E-state index in [0.29, 0.717) is 16.4 Å². The van der Waals surface area contributed by atoms with Crippen molar-refractivity contribution >= 4 is 28.5 Å². The highest BCUT2D eigenvalue weighted by molar-refractivity contribution is 9.08. The maximum atomic E-state index is 12.8. The van der Waals surface area contributed by atoms with Crippen LogP contribution in [0.25, 0.3) is 0 Å². The van der Waals surface area contributed by atoms with Gasteiger partial charge in [0.1, 0.15) is 5.82 Å². The van der Waals surface area contributed by atoms with Crippen LogP contribution in [0.1, 0.15) is 5.56 Å². The van der Waals surface area contributed by atoms with Crippen molar-refractivity contribution in [2.24, 2.45) is 0 Å². The van der Waals surface area contributed by atoms with E-state index in [1.807, 2.05) is 0 Å². The Labute approximate surface area is 78.3 Å². The Morgan fingerprint density at radius 3 is 2.58 bits per heavy atom. The predicted octanol–water partition coefficient (Wildman–Crippen LogP) is 0.400. The third-order valence-corrected chi connectivity index (χ3v) is 2.12. The van der Waals surface area contributed by atoms with Crippen molar-refractivity contribution in [2.45, 2.75) is 5.33 Å². The van der Waals surface area contributed by atoms with Crippen molar-refractivity contribution in [3.63, 3.8) is 0 Å². The fraction of sp³-hybridized carbons (Fsp3) is 0.143. The number of alkyl halides is 1. The van der Waals surface area contributed by atoms with Gasteiger partial charge in [0.25, 0.3) is 0 Å². The van der Waals surface area contributed by atoms with Gasteiger partial charge in [0.05, 0.1) is 0 Å². The average molecular weight is 233 g/mol. The van der Waals surface area contributed by atoms with E-state index in [0.717, 1.165) is 0 Å². The molecule has 12 heavy (non-hydrogen) atoms. The highest BCUT2D eigenvalue weighted by atomic mass is 79.9. The number of rotatable bonds is 2. The fourth-order valence-electron chi connectivity index (χ4n) is 0.858. The number of hydrogen-bond donors (Lipinski definition) is 2. The molecule has 0 amide bonds. The Morgan fingerprint density at radius 1 is 1.42 bits per heavy atom. The molecule has 0 saturated heterocycles. The first-order valence-electron chi connectivity index (χ1n) is 3.35. The zero-order chi connectivity index (χ0) is 9.14. The molecule has 0 bridgehead atoms. The Bertz CT molecular complexity index is 280. The molecule has 64 valence electrons. The van der Waals surface area contributed by atoms with Crippen LogP contribution >= 0.6 is 15.9 Å². The monoisotopic (exact) mass is 232 g/mol. The smallest absolute Gasteiger partial charge is 0.423 e. The van der Waals surface area contributed by atoms with Gasteiger partial charge in [-0.05, 0) is 17.1 Å². The van der Waals surface area contributed by atoms with Gasteiger partial charge < -0.3 is 10.0 Å². The van der Waals surface area contributed by atoms with Crippen molar-refractivity contribution < 1.29 is 14.4 Å². The molecule has 1 aromatic rings. The Kier molecular flexibility index (Phi) is 3.25. The standard InChI is InChI=1S/C7H7BBrFO2/c9-4-5-3-6(8(11)12)1-2-7(5)10/h1-3,11-12H,4H2. The van der Waals surface area contributed by atoms with E-state index in [1.165, 1.54) is 18.2 Å². The molecular weight excluding hydrogens is 226 g/mol. The lowest BCUT2D eigenvalue weighted by Gasteiger charge is -2.02. The molecule has 0 unspecified atom stereocenters.